The van der Waals surface area contributed by atoms with E-state index in [0.29, 0.717) is 33.8 Å². The van der Waals surface area contributed by atoms with Gasteiger partial charge in [0.25, 0.3) is 11.8 Å². The quantitative estimate of drug-likeness (QED) is 0.137. The number of carbonyl (C=O) groups excluding carboxylic acids is 3. The molecule has 0 aromatic heterocycles. The zero-order chi connectivity index (χ0) is 29.9. The number of nitrogen functional groups attached to an aromatic ring is 1. The fraction of sp³-hybridized carbons (Fsp3) is 0.156. The molecule has 3 aromatic carbocycles. The lowest BCUT2D eigenvalue weighted by Crippen LogP contribution is -2.18. The van der Waals surface area contributed by atoms with Crippen LogP contribution in [0.5, 0.6) is 11.5 Å². The minimum atomic E-state index is -0.586. The molecular weight excluding hydrogens is 522 g/mol. The smallest absolute Gasteiger partial charge is 0.342 e. The van der Waals surface area contributed by atoms with E-state index in [-0.39, 0.29) is 48.4 Å². The molecule has 3 rings (SSSR count). The maximum absolute atomic E-state index is 13.5. The summed E-state index contributed by atoms with van der Waals surface area (Å²) >= 11 is 0. The van der Waals surface area contributed by atoms with Crippen molar-refractivity contribution in [2.75, 3.05) is 36.2 Å². The standard InChI is InChI=1S/C32H33N3O6/c1-6-17-39-28-20(4)26(34-30(36)22-9-11-23(33)12-10-22)15-13-24(28)31(37)35-27-16-14-25(32(38)41-19-8-3)29(21(27)5)40-18-7-2/h6-16H,1-3,17-19,33H2,4-5H3,(H,34,36)(H,35,37). The van der Waals surface area contributed by atoms with Gasteiger partial charge in [-0.2, -0.15) is 0 Å². The van der Waals surface area contributed by atoms with Crippen LogP contribution in [0.15, 0.2) is 86.5 Å². The van der Waals surface area contributed by atoms with Crippen LogP contribution < -0.4 is 25.8 Å². The van der Waals surface area contributed by atoms with Gasteiger partial charge >= 0.3 is 5.97 Å². The molecule has 0 unspecified atom stereocenters. The molecule has 0 atom stereocenters. The van der Waals surface area contributed by atoms with E-state index in [1.807, 2.05) is 0 Å². The molecule has 4 N–H and O–H groups in total. The molecule has 0 heterocycles. The number of carbonyl (C=O) groups is 3. The highest BCUT2D eigenvalue weighted by molar-refractivity contribution is 6.09. The minimum absolute atomic E-state index is 0.0422. The van der Waals surface area contributed by atoms with Crippen molar-refractivity contribution in [3.63, 3.8) is 0 Å². The fourth-order valence-corrected chi connectivity index (χ4v) is 3.88. The van der Waals surface area contributed by atoms with Crippen LogP contribution in [0.2, 0.25) is 0 Å². The van der Waals surface area contributed by atoms with Crippen LogP contribution >= 0.6 is 0 Å². The molecular formula is C32H33N3O6. The second-order valence-corrected chi connectivity index (χ2v) is 8.85. The average Bonchev–Trinajstić information content (AvgIpc) is 2.96. The van der Waals surface area contributed by atoms with Crippen molar-refractivity contribution in [2.45, 2.75) is 13.8 Å². The molecule has 0 radical (unpaired) electrons. The maximum atomic E-state index is 13.5. The van der Waals surface area contributed by atoms with Gasteiger partial charge in [-0.3, -0.25) is 9.59 Å². The molecule has 0 bridgehead atoms. The van der Waals surface area contributed by atoms with Crippen LogP contribution in [0.4, 0.5) is 17.1 Å². The van der Waals surface area contributed by atoms with Crippen LogP contribution in [0.25, 0.3) is 0 Å². The van der Waals surface area contributed by atoms with Gasteiger partial charge in [-0.25, -0.2) is 4.79 Å². The molecule has 212 valence electrons. The van der Waals surface area contributed by atoms with Crippen LogP contribution in [0, 0.1) is 13.8 Å². The summed E-state index contributed by atoms with van der Waals surface area (Å²) in [5.41, 5.74) is 9.09. The van der Waals surface area contributed by atoms with Gasteiger partial charge in [0, 0.05) is 33.8 Å². The Morgan fingerprint density at radius 1 is 0.707 bits per heavy atom. The summed E-state index contributed by atoms with van der Waals surface area (Å²) in [7, 11) is 0. The molecule has 0 aliphatic heterocycles. The van der Waals surface area contributed by atoms with Crippen LogP contribution in [0.1, 0.15) is 42.2 Å². The van der Waals surface area contributed by atoms with Gasteiger partial charge in [0.1, 0.15) is 36.9 Å². The molecule has 0 saturated heterocycles. The molecule has 3 aromatic rings. The van der Waals surface area contributed by atoms with E-state index < -0.39 is 11.9 Å². The second-order valence-electron chi connectivity index (χ2n) is 8.85. The number of benzene rings is 3. The highest BCUT2D eigenvalue weighted by Crippen LogP contribution is 2.34. The number of anilines is 3. The number of hydrogen-bond acceptors (Lipinski definition) is 7. The number of amides is 2. The molecule has 0 saturated carbocycles. The zero-order valence-electron chi connectivity index (χ0n) is 23.1. The van der Waals surface area contributed by atoms with Gasteiger partial charge in [0.2, 0.25) is 0 Å². The van der Waals surface area contributed by atoms with E-state index in [4.69, 9.17) is 19.9 Å². The summed E-state index contributed by atoms with van der Waals surface area (Å²) in [6, 6.07) is 12.8. The topological polar surface area (TPSA) is 129 Å². The van der Waals surface area contributed by atoms with E-state index in [0.717, 1.165) is 0 Å². The lowest BCUT2D eigenvalue weighted by atomic mass is 10.0. The number of nitrogens with one attached hydrogen (secondary N) is 2. The maximum Gasteiger partial charge on any atom is 0.342 e. The second kappa shape index (κ2) is 14.2. The molecule has 41 heavy (non-hydrogen) atoms. The van der Waals surface area contributed by atoms with E-state index in [1.165, 1.54) is 12.1 Å². The van der Waals surface area contributed by atoms with Gasteiger partial charge in [0.05, 0.1) is 5.56 Å². The largest absolute Gasteiger partial charge is 0.488 e. The summed E-state index contributed by atoms with van der Waals surface area (Å²) in [4.78, 5) is 38.9. The van der Waals surface area contributed by atoms with Gasteiger partial charge in [-0.05, 0) is 62.4 Å². The fourth-order valence-electron chi connectivity index (χ4n) is 3.88. The van der Waals surface area contributed by atoms with E-state index in [9.17, 15) is 14.4 Å². The Kier molecular flexibility index (Phi) is 10.5. The Morgan fingerprint density at radius 2 is 1.20 bits per heavy atom. The highest BCUT2D eigenvalue weighted by Gasteiger charge is 2.22. The minimum Gasteiger partial charge on any atom is -0.488 e. The first-order chi connectivity index (χ1) is 19.7. The third kappa shape index (κ3) is 7.42. The highest BCUT2D eigenvalue weighted by atomic mass is 16.5. The summed E-state index contributed by atoms with van der Waals surface area (Å²) in [6.45, 7) is 14.7. The predicted octanol–water partition coefficient (Wildman–Crippen LogP) is 5.86. The number of esters is 1. The third-order valence-electron chi connectivity index (χ3n) is 5.97. The Morgan fingerprint density at radius 3 is 1.73 bits per heavy atom. The Hall–Kier alpha value is -5.31. The van der Waals surface area contributed by atoms with Crippen molar-refractivity contribution >= 4 is 34.8 Å². The molecule has 9 nitrogen and oxygen atoms in total. The number of nitrogens with two attached hydrogens (primary N) is 1. The van der Waals surface area contributed by atoms with Crippen molar-refractivity contribution in [1.29, 1.82) is 0 Å². The third-order valence-corrected chi connectivity index (χ3v) is 5.97. The first-order valence-electron chi connectivity index (χ1n) is 12.7. The number of ether oxygens (including phenoxy) is 3. The van der Waals surface area contributed by atoms with Crippen molar-refractivity contribution in [3.05, 3.63) is 114 Å². The monoisotopic (exact) mass is 555 g/mol. The molecule has 0 aliphatic carbocycles. The van der Waals surface area contributed by atoms with Crippen LogP contribution in [-0.4, -0.2) is 37.6 Å². The van der Waals surface area contributed by atoms with Crippen LogP contribution in [-0.2, 0) is 4.74 Å². The molecule has 2 amide bonds. The average molecular weight is 556 g/mol. The number of hydrogen-bond donors (Lipinski definition) is 3. The Balaban J connectivity index is 1.94. The summed E-state index contributed by atoms with van der Waals surface area (Å²) < 4.78 is 16.8. The zero-order valence-corrected chi connectivity index (χ0v) is 23.1. The van der Waals surface area contributed by atoms with Crippen molar-refractivity contribution in [1.82, 2.24) is 0 Å². The normalized spacial score (nSPS) is 10.2. The van der Waals surface area contributed by atoms with Crippen molar-refractivity contribution in [2.24, 2.45) is 0 Å². The molecule has 0 aliphatic rings. The summed E-state index contributed by atoms with van der Waals surface area (Å²) in [6.07, 6.45) is 4.56. The lowest BCUT2D eigenvalue weighted by Gasteiger charge is -2.19. The van der Waals surface area contributed by atoms with E-state index in [2.05, 4.69) is 30.4 Å². The lowest BCUT2D eigenvalue weighted by molar-refractivity contribution is 0.0545. The summed E-state index contributed by atoms with van der Waals surface area (Å²) in [5.74, 6) is -0.852. The van der Waals surface area contributed by atoms with E-state index in [1.54, 1.807) is 68.5 Å². The SMILES string of the molecule is C=CCOC(=O)c1ccc(NC(=O)c2ccc(NC(=O)c3ccc(N)cc3)c(C)c2OCC=C)c(C)c1OCC=C. The van der Waals surface area contributed by atoms with Gasteiger partial charge in [-0.15, -0.1) is 0 Å². The predicted molar refractivity (Wildman–Crippen MR) is 161 cm³/mol. The molecule has 9 heteroatoms. The van der Waals surface area contributed by atoms with Gasteiger partial charge in [-0.1, -0.05) is 38.0 Å². The first-order valence-corrected chi connectivity index (χ1v) is 12.7. The first kappa shape index (κ1) is 30.2. The number of rotatable bonds is 13. The Bertz CT molecular complexity index is 1480. The van der Waals surface area contributed by atoms with Crippen LogP contribution in [0.3, 0.4) is 0 Å². The molecule has 0 spiro atoms. The van der Waals surface area contributed by atoms with Crippen molar-refractivity contribution < 1.29 is 28.6 Å². The van der Waals surface area contributed by atoms with Gasteiger partial charge in [0.15, 0.2) is 0 Å². The van der Waals surface area contributed by atoms with E-state index >= 15 is 0 Å². The molecule has 0 fully saturated rings. The van der Waals surface area contributed by atoms with Crippen molar-refractivity contribution in [3.8, 4) is 11.5 Å². The van der Waals surface area contributed by atoms with Gasteiger partial charge < -0.3 is 30.6 Å². The Labute approximate surface area is 239 Å². The summed E-state index contributed by atoms with van der Waals surface area (Å²) in [5, 5.41) is 5.72.